The number of anilines is 3. The molecule has 0 heterocycles. The molecule has 0 amide bonds. The fourth-order valence-electron chi connectivity index (χ4n) is 7.75. The van der Waals surface area contributed by atoms with E-state index in [-0.39, 0.29) is 35.4 Å². The normalized spacial score (nSPS) is 12.5. The molecule has 1 nitrogen and oxygen atoms in total. The second-order valence-corrected chi connectivity index (χ2v) is 13.4. The summed E-state index contributed by atoms with van der Waals surface area (Å²) >= 11 is 0. The molecule has 0 atom stereocenters. The Morgan fingerprint density at radius 1 is 0.302 bits per heavy atom. The van der Waals surface area contributed by atoms with Gasteiger partial charge in [-0.15, -0.1) is 0 Å². The lowest BCUT2D eigenvalue weighted by molar-refractivity contribution is 1.30. The Morgan fingerprint density at radius 3 is 1.64 bits per heavy atom. The minimum Gasteiger partial charge on any atom is -0.310 e. The zero-order valence-electron chi connectivity index (χ0n) is 32.8. The van der Waals surface area contributed by atoms with Crippen LogP contribution >= 0.6 is 0 Å². The van der Waals surface area contributed by atoms with Crippen molar-refractivity contribution in [2.75, 3.05) is 4.90 Å². The highest BCUT2D eigenvalue weighted by molar-refractivity contribution is 6.14. The SMILES string of the molecule is [2H]c1c([2H])c(N(c2ccc(-c3cccc(-c4cccc5ccccc45)c3)cc2)c2cccc3ccccc23)c([2H])c([2H])c1-c1cc2ccccc2c2ccccc12. The Labute approximate surface area is 315 Å². The highest BCUT2D eigenvalue weighted by Crippen LogP contribution is 2.42. The third-order valence-electron chi connectivity index (χ3n) is 10.3. The molecule has 0 aromatic heterocycles. The van der Waals surface area contributed by atoms with Crippen LogP contribution in [0, 0.1) is 0 Å². The summed E-state index contributed by atoms with van der Waals surface area (Å²) in [5.74, 6) is 0. The van der Waals surface area contributed by atoms with Crippen LogP contribution in [0.4, 0.5) is 17.1 Å². The molecule has 0 N–H and O–H groups in total. The van der Waals surface area contributed by atoms with E-state index in [0.717, 1.165) is 60.4 Å². The van der Waals surface area contributed by atoms with E-state index in [0.29, 0.717) is 5.56 Å². The van der Waals surface area contributed by atoms with Crippen molar-refractivity contribution in [3.8, 4) is 33.4 Å². The number of hydrogen-bond donors (Lipinski definition) is 0. The smallest absolute Gasteiger partial charge is 0.0645 e. The number of benzene rings is 10. The maximum atomic E-state index is 9.64. The summed E-state index contributed by atoms with van der Waals surface area (Å²) in [7, 11) is 0. The molecule has 53 heavy (non-hydrogen) atoms. The summed E-state index contributed by atoms with van der Waals surface area (Å²) < 4.78 is 38.4. The first-order valence-corrected chi connectivity index (χ1v) is 17.9. The third-order valence-corrected chi connectivity index (χ3v) is 10.3. The van der Waals surface area contributed by atoms with Crippen molar-refractivity contribution >= 4 is 60.2 Å². The Hall–Kier alpha value is -6.96. The maximum absolute atomic E-state index is 9.64. The molecule has 0 saturated carbocycles. The summed E-state index contributed by atoms with van der Waals surface area (Å²) in [6, 6.07) is 63.4. The minimum atomic E-state index is -0.108. The van der Waals surface area contributed by atoms with Gasteiger partial charge in [0.1, 0.15) is 0 Å². The Bertz CT molecular complexity index is 3150. The standard InChI is InChI=1S/C52H35N/c1-4-19-45-37(12-1)15-10-24-46(45)41-18-9-17-40(34-41)36-26-30-43(31-27-36)53(52-25-11-16-38-13-2-6-21-48(38)52)44-32-28-39(29-33-44)51-35-42-14-3-5-20-47(42)49-22-7-8-23-50(49)51/h1-35H/i28D,29D,32D,33D. The molecule has 0 bridgehead atoms. The monoisotopic (exact) mass is 677 g/mol. The molecule has 1 heteroatoms. The quantitative estimate of drug-likeness (QED) is 0.158. The molecule has 0 radical (unpaired) electrons. The topological polar surface area (TPSA) is 3.24 Å². The van der Waals surface area contributed by atoms with Crippen molar-refractivity contribution in [2.24, 2.45) is 0 Å². The molecular weight excluding hydrogens is 639 g/mol. The van der Waals surface area contributed by atoms with Gasteiger partial charge < -0.3 is 4.90 Å². The molecule has 10 rings (SSSR count). The van der Waals surface area contributed by atoms with E-state index in [1.807, 2.05) is 102 Å². The van der Waals surface area contributed by atoms with Crippen LogP contribution in [0.15, 0.2) is 212 Å². The molecule has 10 aromatic rings. The Balaban J connectivity index is 1.14. The van der Waals surface area contributed by atoms with E-state index in [9.17, 15) is 5.48 Å². The van der Waals surface area contributed by atoms with Gasteiger partial charge in [0.05, 0.1) is 11.2 Å². The fraction of sp³-hybridized carbons (Fsp3) is 0. The molecule has 0 aliphatic rings. The van der Waals surface area contributed by atoms with Crippen LogP contribution in [0.1, 0.15) is 5.48 Å². The van der Waals surface area contributed by atoms with Crippen LogP contribution in [0.5, 0.6) is 0 Å². The van der Waals surface area contributed by atoms with E-state index in [1.165, 1.54) is 16.3 Å². The zero-order valence-corrected chi connectivity index (χ0v) is 28.8. The van der Waals surface area contributed by atoms with Gasteiger partial charge >= 0.3 is 0 Å². The number of hydrogen-bond acceptors (Lipinski definition) is 1. The molecule has 248 valence electrons. The largest absolute Gasteiger partial charge is 0.310 e. The van der Waals surface area contributed by atoms with Crippen molar-refractivity contribution in [3.63, 3.8) is 0 Å². The third kappa shape index (κ3) is 5.51. The van der Waals surface area contributed by atoms with Crippen LogP contribution in [0.25, 0.3) is 76.5 Å². The van der Waals surface area contributed by atoms with Gasteiger partial charge in [-0.05, 0) is 114 Å². The molecular formula is C52H35N. The maximum Gasteiger partial charge on any atom is 0.0645 e. The van der Waals surface area contributed by atoms with Crippen molar-refractivity contribution in [1.29, 1.82) is 0 Å². The molecule has 0 aliphatic carbocycles. The lowest BCUT2D eigenvalue weighted by Gasteiger charge is -2.27. The average Bonchev–Trinajstić information content (AvgIpc) is 3.27. The van der Waals surface area contributed by atoms with Crippen molar-refractivity contribution in [1.82, 2.24) is 0 Å². The van der Waals surface area contributed by atoms with Crippen LogP contribution in [-0.2, 0) is 0 Å². The minimum absolute atomic E-state index is 0.0847. The van der Waals surface area contributed by atoms with E-state index in [2.05, 4.69) is 91.0 Å². The highest BCUT2D eigenvalue weighted by Gasteiger charge is 2.17. The fourth-order valence-corrected chi connectivity index (χ4v) is 7.75. The zero-order chi connectivity index (χ0) is 38.6. The Kier molecular flexibility index (Phi) is 6.56. The van der Waals surface area contributed by atoms with E-state index in [4.69, 9.17) is 0 Å². The summed E-state index contributed by atoms with van der Waals surface area (Å²) in [6.07, 6.45) is 0. The lowest BCUT2D eigenvalue weighted by Crippen LogP contribution is -2.10. The van der Waals surface area contributed by atoms with Gasteiger partial charge in [-0.2, -0.15) is 0 Å². The Morgan fingerprint density at radius 2 is 0.868 bits per heavy atom. The molecule has 0 aliphatic heterocycles. The second kappa shape index (κ2) is 13.0. The lowest BCUT2D eigenvalue weighted by atomic mass is 9.93. The first-order valence-electron chi connectivity index (χ1n) is 19.9. The van der Waals surface area contributed by atoms with E-state index < -0.39 is 0 Å². The molecule has 0 unspecified atom stereocenters. The average molecular weight is 678 g/mol. The van der Waals surface area contributed by atoms with Gasteiger partial charge in [-0.25, -0.2) is 0 Å². The second-order valence-electron chi connectivity index (χ2n) is 13.4. The van der Waals surface area contributed by atoms with E-state index in [1.54, 1.807) is 0 Å². The molecule has 10 aromatic carbocycles. The van der Waals surface area contributed by atoms with Crippen LogP contribution in [0.2, 0.25) is 0 Å². The van der Waals surface area contributed by atoms with Gasteiger partial charge in [0.25, 0.3) is 0 Å². The van der Waals surface area contributed by atoms with Gasteiger partial charge in [-0.3, -0.25) is 0 Å². The van der Waals surface area contributed by atoms with Crippen molar-refractivity contribution in [2.45, 2.75) is 0 Å². The van der Waals surface area contributed by atoms with Gasteiger partial charge in [-0.1, -0.05) is 170 Å². The van der Waals surface area contributed by atoms with Gasteiger partial charge in [0, 0.05) is 16.8 Å². The first-order chi connectivity index (χ1) is 28.0. The predicted octanol–water partition coefficient (Wildman–Crippen LogP) is 14.8. The van der Waals surface area contributed by atoms with Crippen molar-refractivity contribution in [3.05, 3.63) is 212 Å². The summed E-state index contributed by atoms with van der Waals surface area (Å²) in [5, 5.41) is 8.30. The van der Waals surface area contributed by atoms with Crippen LogP contribution in [0.3, 0.4) is 0 Å². The molecule has 0 spiro atoms. The number of rotatable bonds is 6. The predicted molar refractivity (Wildman–Crippen MR) is 227 cm³/mol. The number of fused-ring (bicyclic) bond motifs is 5. The summed E-state index contributed by atoms with van der Waals surface area (Å²) in [4.78, 5) is 1.89. The van der Waals surface area contributed by atoms with Gasteiger partial charge in [0.15, 0.2) is 0 Å². The first kappa shape index (κ1) is 26.8. The molecule has 0 saturated heterocycles. The van der Waals surface area contributed by atoms with Crippen LogP contribution < -0.4 is 4.90 Å². The van der Waals surface area contributed by atoms with Crippen molar-refractivity contribution < 1.29 is 5.48 Å². The van der Waals surface area contributed by atoms with E-state index >= 15 is 0 Å². The summed E-state index contributed by atoms with van der Waals surface area (Å²) in [6.45, 7) is 0. The highest BCUT2D eigenvalue weighted by atomic mass is 15.1. The number of nitrogens with zero attached hydrogens (tertiary/aromatic N) is 1. The van der Waals surface area contributed by atoms with Gasteiger partial charge in [0.2, 0.25) is 0 Å². The van der Waals surface area contributed by atoms with Crippen LogP contribution in [-0.4, -0.2) is 0 Å². The molecule has 0 fully saturated rings. The summed E-state index contributed by atoms with van der Waals surface area (Å²) in [5.41, 5.74) is 7.06.